The summed E-state index contributed by atoms with van der Waals surface area (Å²) in [6.07, 6.45) is 0. The molecular weight excluding hydrogens is 266 g/mol. The molecule has 96 valence electrons. The maximum atomic E-state index is 12.2. The molecule has 1 aliphatic heterocycles. The van der Waals surface area contributed by atoms with E-state index in [-0.39, 0.29) is 17.3 Å². The number of carboxylic acids is 1. The standard InChI is InChI=1S/C13H9NO4S/c15-10-6-3-1-2-4-7(6)11(16)9(10)12-14-8(5-19-12)13(17)18/h1-4,8-9H,5H2,(H,17,18)/t8-/m0/s1. The van der Waals surface area contributed by atoms with Crippen LogP contribution in [0.4, 0.5) is 0 Å². The first kappa shape index (κ1) is 12.1. The molecule has 0 saturated heterocycles. The zero-order valence-electron chi connectivity index (χ0n) is 9.70. The number of fused-ring (bicyclic) bond motifs is 1. The van der Waals surface area contributed by atoms with E-state index < -0.39 is 17.9 Å². The lowest BCUT2D eigenvalue weighted by Gasteiger charge is -2.04. The van der Waals surface area contributed by atoms with Crippen molar-refractivity contribution in [2.45, 2.75) is 6.04 Å². The van der Waals surface area contributed by atoms with Crippen molar-refractivity contribution >= 4 is 34.3 Å². The van der Waals surface area contributed by atoms with Gasteiger partial charge in [0.25, 0.3) is 0 Å². The minimum absolute atomic E-state index is 0.276. The zero-order chi connectivity index (χ0) is 13.6. The largest absolute Gasteiger partial charge is 0.480 e. The highest BCUT2D eigenvalue weighted by molar-refractivity contribution is 8.14. The number of thioether (sulfide) groups is 1. The van der Waals surface area contributed by atoms with Crippen molar-refractivity contribution in [1.29, 1.82) is 0 Å². The Morgan fingerprint density at radius 2 is 1.79 bits per heavy atom. The van der Waals surface area contributed by atoms with Crippen molar-refractivity contribution in [2.24, 2.45) is 10.9 Å². The topological polar surface area (TPSA) is 83.8 Å². The van der Waals surface area contributed by atoms with Crippen LogP contribution in [0, 0.1) is 5.92 Å². The predicted octanol–water partition coefficient (Wildman–Crippen LogP) is 1.28. The summed E-state index contributed by atoms with van der Waals surface area (Å²) in [6.45, 7) is 0. The van der Waals surface area contributed by atoms with Gasteiger partial charge >= 0.3 is 5.97 Å². The number of hydrogen-bond acceptors (Lipinski definition) is 5. The number of carbonyl (C=O) groups excluding carboxylic acids is 2. The summed E-state index contributed by atoms with van der Waals surface area (Å²) >= 11 is 1.18. The van der Waals surface area contributed by atoms with Crippen LogP contribution in [0.2, 0.25) is 0 Å². The van der Waals surface area contributed by atoms with Crippen LogP contribution in [-0.4, -0.2) is 39.5 Å². The van der Waals surface area contributed by atoms with Crippen LogP contribution in [0.25, 0.3) is 0 Å². The Labute approximate surface area is 112 Å². The van der Waals surface area contributed by atoms with Gasteiger partial charge in [0, 0.05) is 16.9 Å². The van der Waals surface area contributed by atoms with Gasteiger partial charge in [-0.3, -0.25) is 14.6 Å². The average molecular weight is 275 g/mol. The number of ketones is 2. The van der Waals surface area contributed by atoms with E-state index in [1.54, 1.807) is 24.3 Å². The fourth-order valence-corrected chi connectivity index (χ4v) is 3.37. The number of nitrogens with zero attached hydrogens (tertiary/aromatic N) is 1. The van der Waals surface area contributed by atoms with Gasteiger partial charge in [0.05, 0.1) is 5.04 Å². The number of Topliss-reactive ketones (excluding diaryl/α,β-unsaturated/α-hetero) is 2. The van der Waals surface area contributed by atoms with Gasteiger partial charge in [-0.2, -0.15) is 0 Å². The third kappa shape index (κ3) is 1.79. The Bertz CT molecular complexity index is 602. The van der Waals surface area contributed by atoms with Gasteiger partial charge in [0.15, 0.2) is 17.6 Å². The number of aliphatic imine (C=N–C) groups is 1. The van der Waals surface area contributed by atoms with Crippen molar-refractivity contribution in [3.63, 3.8) is 0 Å². The third-order valence-electron chi connectivity index (χ3n) is 3.19. The van der Waals surface area contributed by atoms with Crippen LogP contribution in [0.1, 0.15) is 20.7 Å². The van der Waals surface area contributed by atoms with Crippen molar-refractivity contribution < 1.29 is 19.5 Å². The Kier molecular flexibility index (Phi) is 2.74. The summed E-state index contributed by atoms with van der Waals surface area (Å²) in [5.41, 5.74) is 0.805. The Balaban J connectivity index is 1.97. The van der Waals surface area contributed by atoms with Crippen LogP contribution >= 0.6 is 11.8 Å². The second-order valence-corrected chi connectivity index (χ2v) is 5.38. The molecule has 5 nitrogen and oxygen atoms in total. The highest BCUT2D eigenvalue weighted by Crippen LogP contribution is 2.33. The second kappa shape index (κ2) is 4.31. The molecule has 0 saturated carbocycles. The van der Waals surface area contributed by atoms with Gasteiger partial charge in [-0.05, 0) is 0 Å². The van der Waals surface area contributed by atoms with Gasteiger partial charge in [-0.15, -0.1) is 11.8 Å². The Morgan fingerprint density at radius 3 is 2.26 bits per heavy atom. The van der Waals surface area contributed by atoms with Crippen LogP contribution in [-0.2, 0) is 4.79 Å². The first-order valence-corrected chi connectivity index (χ1v) is 6.69. The molecule has 0 aromatic heterocycles. The van der Waals surface area contributed by atoms with Crippen molar-refractivity contribution in [3.8, 4) is 0 Å². The molecular formula is C13H9NO4S. The predicted molar refractivity (Wildman–Crippen MR) is 69.9 cm³/mol. The lowest BCUT2D eigenvalue weighted by molar-refractivity contribution is -0.137. The summed E-state index contributed by atoms with van der Waals surface area (Å²) in [5.74, 6) is -2.25. The molecule has 1 N–H and O–H groups in total. The summed E-state index contributed by atoms with van der Waals surface area (Å²) < 4.78 is 0. The SMILES string of the molecule is O=C1c2ccccc2C(=O)C1C1=N[C@H](C(=O)O)CS1. The number of hydrogen-bond donors (Lipinski definition) is 1. The lowest BCUT2D eigenvalue weighted by Crippen LogP contribution is -2.22. The highest BCUT2D eigenvalue weighted by Gasteiger charge is 2.44. The smallest absolute Gasteiger partial charge is 0.329 e. The molecule has 0 bridgehead atoms. The Morgan fingerprint density at radius 1 is 1.21 bits per heavy atom. The van der Waals surface area contributed by atoms with Gasteiger partial charge in [-0.25, -0.2) is 4.79 Å². The first-order valence-electron chi connectivity index (χ1n) is 5.70. The number of carboxylic acid groups (broad SMARTS) is 1. The summed E-state index contributed by atoms with van der Waals surface area (Å²) in [5, 5.41) is 9.22. The van der Waals surface area contributed by atoms with Crippen molar-refractivity contribution in [3.05, 3.63) is 35.4 Å². The van der Waals surface area contributed by atoms with Gasteiger partial charge in [0.2, 0.25) is 0 Å². The van der Waals surface area contributed by atoms with Gasteiger partial charge in [-0.1, -0.05) is 24.3 Å². The summed E-state index contributed by atoms with van der Waals surface area (Å²) in [4.78, 5) is 39.3. The molecule has 1 aliphatic carbocycles. The average Bonchev–Trinajstić information content (AvgIpc) is 2.96. The van der Waals surface area contributed by atoms with E-state index in [0.29, 0.717) is 16.2 Å². The molecule has 0 amide bonds. The molecule has 0 unspecified atom stereocenters. The van der Waals surface area contributed by atoms with E-state index >= 15 is 0 Å². The molecule has 19 heavy (non-hydrogen) atoms. The fraction of sp³-hybridized carbons (Fsp3) is 0.231. The van der Waals surface area contributed by atoms with E-state index in [2.05, 4.69) is 4.99 Å². The number of carbonyl (C=O) groups is 3. The molecule has 6 heteroatoms. The lowest BCUT2D eigenvalue weighted by atomic mass is 10.1. The molecule has 1 aromatic carbocycles. The minimum Gasteiger partial charge on any atom is -0.480 e. The van der Waals surface area contributed by atoms with Crippen LogP contribution in [0.5, 0.6) is 0 Å². The van der Waals surface area contributed by atoms with Crippen molar-refractivity contribution in [2.75, 3.05) is 5.75 Å². The number of benzene rings is 1. The fourth-order valence-electron chi connectivity index (χ4n) is 2.24. The van der Waals surface area contributed by atoms with Crippen LogP contribution in [0.15, 0.2) is 29.3 Å². The van der Waals surface area contributed by atoms with Crippen molar-refractivity contribution in [1.82, 2.24) is 0 Å². The molecule has 1 atom stereocenters. The molecule has 3 rings (SSSR count). The maximum Gasteiger partial charge on any atom is 0.329 e. The zero-order valence-corrected chi connectivity index (χ0v) is 10.5. The van der Waals surface area contributed by atoms with E-state index in [9.17, 15) is 14.4 Å². The minimum atomic E-state index is -1.03. The molecule has 1 aromatic rings. The van der Waals surface area contributed by atoms with Gasteiger partial charge < -0.3 is 5.11 Å². The Hall–Kier alpha value is -1.95. The molecule has 0 fully saturated rings. The van der Waals surface area contributed by atoms with E-state index in [1.165, 1.54) is 11.8 Å². The summed E-state index contributed by atoms with van der Waals surface area (Å²) in [7, 11) is 0. The normalized spacial score (nSPS) is 22.5. The second-order valence-electron chi connectivity index (χ2n) is 4.34. The van der Waals surface area contributed by atoms with E-state index in [4.69, 9.17) is 5.11 Å². The maximum absolute atomic E-state index is 12.2. The third-order valence-corrected chi connectivity index (χ3v) is 4.31. The first-order chi connectivity index (χ1) is 9.09. The quantitative estimate of drug-likeness (QED) is 0.822. The summed E-state index contributed by atoms with van der Waals surface area (Å²) in [6, 6.07) is 5.78. The van der Waals surface area contributed by atoms with E-state index in [0.717, 1.165) is 0 Å². The highest BCUT2D eigenvalue weighted by atomic mass is 32.2. The van der Waals surface area contributed by atoms with Gasteiger partial charge in [0.1, 0.15) is 5.92 Å². The molecule has 0 spiro atoms. The molecule has 2 aliphatic rings. The monoisotopic (exact) mass is 275 g/mol. The number of aliphatic carboxylic acids is 1. The molecule has 0 radical (unpaired) electrons. The molecule has 1 heterocycles. The van der Waals surface area contributed by atoms with E-state index in [1.807, 2.05) is 0 Å². The van der Waals surface area contributed by atoms with Crippen LogP contribution < -0.4 is 0 Å². The van der Waals surface area contributed by atoms with Crippen LogP contribution in [0.3, 0.4) is 0 Å². The number of rotatable bonds is 2.